The molecule has 61 heavy (non-hydrogen) atoms. The normalized spacial score (nSPS) is 14.0. The molecule has 0 N–H and O–H groups in total. The molecule has 0 saturated heterocycles. The molecule has 0 saturated carbocycles. The van der Waals surface area contributed by atoms with E-state index >= 15 is 0 Å². The van der Waals surface area contributed by atoms with Crippen LogP contribution in [0.25, 0.3) is 27.5 Å². The molecule has 0 atom stereocenters. The zero-order chi connectivity index (χ0) is 42.2. The van der Waals surface area contributed by atoms with E-state index in [2.05, 4.69) is 187 Å². The second kappa shape index (κ2) is 14.3. The minimum Gasteiger partial charge on any atom is -0.439 e. The van der Waals surface area contributed by atoms with E-state index in [1.807, 2.05) is 42.7 Å². The minimum absolute atomic E-state index is 0.0748. The minimum atomic E-state index is -0.0748. The molecule has 0 amide bonds. The third-order valence-corrected chi connectivity index (χ3v) is 12.0. The quantitative estimate of drug-likeness (QED) is 0.158. The van der Waals surface area contributed by atoms with E-state index in [4.69, 9.17) is 9.47 Å². The molecule has 0 radical (unpaired) electrons. The van der Waals surface area contributed by atoms with Gasteiger partial charge in [-0.1, -0.05) is 77.9 Å². The average molecular weight is 806 g/mol. The van der Waals surface area contributed by atoms with Crippen molar-refractivity contribution in [2.75, 3.05) is 47.0 Å². The molecule has 5 heterocycles. The molecule has 8 aromatic rings. The lowest BCUT2D eigenvalue weighted by atomic mass is 9.88. The van der Waals surface area contributed by atoms with Crippen LogP contribution in [0.4, 0.5) is 34.1 Å². The van der Waals surface area contributed by atoms with Crippen LogP contribution in [0.2, 0.25) is 0 Å². The first kappa shape index (κ1) is 38.2. The molecule has 0 spiro atoms. The van der Waals surface area contributed by atoms with Crippen molar-refractivity contribution >= 4 is 55.9 Å². The maximum atomic E-state index is 6.69. The first-order valence-electron chi connectivity index (χ1n) is 21.0. The van der Waals surface area contributed by atoms with Gasteiger partial charge < -0.3 is 33.6 Å². The number of nitrogens with zero attached hydrogens (tertiary/aromatic N) is 7. The Morgan fingerprint density at radius 3 is 1.31 bits per heavy atom. The van der Waals surface area contributed by atoms with Crippen LogP contribution in [-0.4, -0.2) is 42.0 Å². The van der Waals surface area contributed by atoms with Crippen molar-refractivity contribution in [1.82, 2.24) is 14.5 Å². The molecule has 2 aliphatic rings. The molecular weight excluding hydrogens is 755 g/mol. The predicted molar refractivity (Wildman–Crippen MR) is 251 cm³/mol. The summed E-state index contributed by atoms with van der Waals surface area (Å²) in [5.74, 6) is 2.24. The number of benzene rings is 5. The lowest BCUT2D eigenvalue weighted by Gasteiger charge is -2.21. The van der Waals surface area contributed by atoms with Crippen LogP contribution in [0.15, 0.2) is 140 Å². The summed E-state index contributed by atoms with van der Waals surface area (Å²) in [5.41, 5.74) is 12.2. The average Bonchev–Trinajstić information content (AvgIpc) is 3.88. The molecule has 306 valence electrons. The SMILES string of the molecule is CN1CN(c2ccc3c4ccc(N5CN(C)c6ccccc65)cc4n(-c4cc(Oc5cc(C(C)(C)C)ccn5)cc(Oc5cc(C(C)(C)C)ccn5)c4)c3c2)c2ccccc21. The smallest absolute Gasteiger partial charge is 0.219 e. The third-order valence-electron chi connectivity index (χ3n) is 12.0. The van der Waals surface area contributed by atoms with E-state index in [9.17, 15) is 0 Å². The Labute approximate surface area is 358 Å². The number of hydrogen-bond donors (Lipinski definition) is 0. The van der Waals surface area contributed by atoms with Crippen LogP contribution in [-0.2, 0) is 10.8 Å². The number of pyridine rings is 2. The molecule has 9 nitrogen and oxygen atoms in total. The van der Waals surface area contributed by atoms with E-state index in [1.165, 1.54) is 22.7 Å². The molecule has 0 unspecified atom stereocenters. The molecule has 2 aliphatic heterocycles. The largest absolute Gasteiger partial charge is 0.439 e. The van der Waals surface area contributed by atoms with Gasteiger partial charge in [0.1, 0.15) is 11.5 Å². The van der Waals surface area contributed by atoms with Crippen molar-refractivity contribution in [2.24, 2.45) is 0 Å². The van der Waals surface area contributed by atoms with Crippen LogP contribution >= 0.6 is 0 Å². The van der Waals surface area contributed by atoms with Crippen LogP contribution < -0.4 is 29.1 Å². The van der Waals surface area contributed by atoms with Crippen molar-refractivity contribution in [1.29, 1.82) is 0 Å². The van der Waals surface area contributed by atoms with Crippen molar-refractivity contribution in [2.45, 2.75) is 52.4 Å². The van der Waals surface area contributed by atoms with Crippen LogP contribution in [0.1, 0.15) is 52.7 Å². The lowest BCUT2D eigenvalue weighted by Crippen LogP contribution is -2.23. The Kier molecular flexibility index (Phi) is 8.98. The van der Waals surface area contributed by atoms with Crippen LogP contribution in [0.5, 0.6) is 23.3 Å². The second-order valence-corrected chi connectivity index (χ2v) is 18.4. The number of anilines is 6. The summed E-state index contributed by atoms with van der Waals surface area (Å²) in [5, 5.41) is 2.30. The molecule has 5 aromatic carbocycles. The van der Waals surface area contributed by atoms with Crippen molar-refractivity contribution < 1.29 is 9.47 Å². The zero-order valence-corrected chi connectivity index (χ0v) is 36.1. The molecular formula is C52H51N7O2. The first-order valence-corrected chi connectivity index (χ1v) is 21.0. The summed E-state index contributed by atoms with van der Waals surface area (Å²) in [6, 6.07) is 45.1. The summed E-state index contributed by atoms with van der Waals surface area (Å²) >= 11 is 0. The highest BCUT2D eigenvalue weighted by atomic mass is 16.5. The lowest BCUT2D eigenvalue weighted by molar-refractivity contribution is 0.438. The van der Waals surface area contributed by atoms with Gasteiger partial charge in [-0.15, -0.1) is 0 Å². The van der Waals surface area contributed by atoms with E-state index in [0.29, 0.717) is 23.3 Å². The van der Waals surface area contributed by atoms with Gasteiger partial charge in [0.25, 0.3) is 0 Å². The second-order valence-electron chi connectivity index (χ2n) is 18.4. The van der Waals surface area contributed by atoms with Gasteiger partial charge >= 0.3 is 0 Å². The fourth-order valence-corrected chi connectivity index (χ4v) is 8.72. The van der Waals surface area contributed by atoms with E-state index < -0.39 is 0 Å². The van der Waals surface area contributed by atoms with Gasteiger partial charge in [-0.2, -0.15) is 0 Å². The first-order chi connectivity index (χ1) is 29.3. The van der Waals surface area contributed by atoms with Gasteiger partial charge in [0.2, 0.25) is 11.8 Å². The van der Waals surface area contributed by atoms with Gasteiger partial charge in [0.15, 0.2) is 0 Å². The molecule has 0 bridgehead atoms. The molecule has 0 fully saturated rings. The van der Waals surface area contributed by atoms with Crippen molar-refractivity contribution in [3.8, 4) is 28.9 Å². The highest BCUT2D eigenvalue weighted by molar-refractivity contribution is 6.11. The van der Waals surface area contributed by atoms with Crippen molar-refractivity contribution in [3.05, 3.63) is 151 Å². The Morgan fingerprint density at radius 2 is 0.885 bits per heavy atom. The Balaban J connectivity index is 1.19. The Bertz CT molecular complexity index is 2780. The zero-order valence-electron chi connectivity index (χ0n) is 36.1. The summed E-state index contributed by atoms with van der Waals surface area (Å²) in [6.07, 6.45) is 3.63. The molecule has 9 heteroatoms. The van der Waals surface area contributed by atoms with Crippen LogP contribution in [0.3, 0.4) is 0 Å². The van der Waals surface area contributed by atoms with Gasteiger partial charge in [-0.05, 0) is 82.6 Å². The van der Waals surface area contributed by atoms with E-state index in [0.717, 1.165) is 63.3 Å². The molecule has 0 aliphatic carbocycles. The van der Waals surface area contributed by atoms with Gasteiger partial charge in [0.05, 0.1) is 52.8 Å². The highest BCUT2D eigenvalue weighted by Gasteiger charge is 2.28. The maximum Gasteiger partial charge on any atom is 0.219 e. The maximum absolute atomic E-state index is 6.69. The van der Waals surface area contributed by atoms with Gasteiger partial charge in [0, 0.05) is 79.0 Å². The Hall–Kier alpha value is -7.00. The number of ether oxygens (including phenoxy) is 2. The fraction of sp³-hybridized carbons (Fsp3) is 0.231. The number of para-hydroxylation sites is 4. The fourth-order valence-electron chi connectivity index (χ4n) is 8.72. The number of hydrogen-bond acceptors (Lipinski definition) is 8. The molecule has 3 aromatic heterocycles. The number of rotatable bonds is 7. The summed E-state index contributed by atoms with van der Waals surface area (Å²) in [6.45, 7) is 14.7. The summed E-state index contributed by atoms with van der Waals surface area (Å²) in [4.78, 5) is 18.7. The standard InChI is InChI=1S/C52H51N7O2/c1-51(2,3)34-21-23-53-49(25-34)60-39-27-38(28-40(31-39)61-50-26-35(22-24-54-50)52(4,5)6)59-47-29-36(57-32-55(7)43-13-9-11-15-45(43)57)17-19-41(47)42-20-18-37(30-48(42)59)58-33-56(8)44-14-10-12-16-46(44)58/h9-31H,32-33H2,1-8H3. The summed E-state index contributed by atoms with van der Waals surface area (Å²) in [7, 11) is 4.30. The predicted octanol–water partition coefficient (Wildman–Crippen LogP) is 12.8. The van der Waals surface area contributed by atoms with Gasteiger partial charge in [-0.3, -0.25) is 0 Å². The third kappa shape index (κ3) is 6.93. The highest BCUT2D eigenvalue weighted by Crippen LogP contribution is 2.45. The molecule has 10 rings (SSSR count). The number of fused-ring (bicyclic) bond motifs is 5. The van der Waals surface area contributed by atoms with Crippen molar-refractivity contribution in [3.63, 3.8) is 0 Å². The van der Waals surface area contributed by atoms with Crippen LogP contribution in [0, 0.1) is 0 Å². The number of aromatic nitrogens is 3. The summed E-state index contributed by atoms with van der Waals surface area (Å²) < 4.78 is 15.7. The van der Waals surface area contributed by atoms with E-state index in [-0.39, 0.29) is 10.8 Å². The Morgan fingerprint density at radius 1 is 0.459 bits per heavy atom. The van der Waals surface area contributed by atoms with Gasteiger partial charge in [-0.25, -0.2) is 9.97 Å². The topological polar surface area (TPSA) is 62.1 Å². The van der Waals surface area contributed by atoms with E-state index in [1.54, 1.807) is 0 Å². The monoisotopic (exact) mass is 805 g/mol.